The Labute approximate surface area is 122 Å². The maximum absolute atomic E-state index is 5.60. The van der Waals surface area contributed by atoms with E-state index in [2.05, 4.69) is 31.1 Å². The van der Waals surface area contributed by atoms with Crippen molar-refractivity contribution in [1.29, 1.82) is 0 Å². The summed E-state index contributed by atoms with van der Waals surface area (Å²) in [5, 5.41) is 3.44. The SMILES string of the molecule is CCNCC1CCc2nc(C(C)(CC)OC)ncc2C1. The number of hydrogen-bond donors (Lipinski definition) is 1. The summed E-state index contributed by atoms with van der Waals surface area (Å²) in [5.41, 5.74) is 2.17. The van der Waals surface area contributed by atoms with Gasteiger partial charge in [-0.3, -0.25) is 0 Å². The molecule has 1 aromatic rings. The van der Waals surface area contributed by atoms with E-state index in [1.165, 1.54) is 17.7 Å². The van der Waals surface area contributed by atoms with Crippen LogP contribution in [0.3, 0.4) is 0 Å². The van der Waals surface area contributed by atoms with Crippen molar-refractivity contribution in [2.45, 2.75) is 52.1 Å². The van der Waals surface area contributed by atoms with Crippen LogP contribution in [-0.2, 0) is 23.2 Å². The Morgan fingerprint density at radius 2 is 2.25 bits per heavy atom. The highest BCUT2D eigenvalue weighted by Crippen LogP contribution is 2.28. The monoisotopic (exact) mass is 277 g/mol. The van der Waals surface area contributed by atoms with E-state index < -0.39 is 0 Å². The topological polar surface area (TPSA) is 47.0 Å². The van der Waals surface area contributed by atoms with Crippen molar-refractivity contribution < 1.29 is 4.74 Å². The van der Waals surface area contributed by atoms with Gasteiger partial charge in [-0.2, -0.15) is 0 Å². The number of aromatic nitrogens is 2. The van der Waals surface area contributed by atoms with E-state index in [1.54, 1.807) is 7.11 Å². The van der Waals surface area contributed by atoms with Crippen LogP contribution in [0.2, 0.25) is 0 Å². The largest absolute Gasteiger partial charge is 0.371 e. The van der Waals surface area contributed by atoms with Crippen LogP contribution in [-0.4, -0.2) is 30.2 Å². The van der Waals surface area contributed by atoms with Gasteiger partial charge in [-0.1, -0.05) is 13.8 Å². The molecule has 0 aliphatic heterocycles. The minimum atomic E-state index is -0.365. The molecule has 1 aliphatic carbocycles. The van der Waals surface area contributed by atoms with E-state index >= 15 is 0 Å². The number of nitrogens with zero attached hydrogens (tertiary/aromatic N) is 2. The Kier molecular flexibility index (Phi) is 5.11. The van der Waals surface area contributed by atoms with Crippen LogP contribution in [0.15, 0.2) is 6.20 Å². The fourth-order valence-corrected chi connectivity index (χ4v) is 2.75. The molecule has 112 valence electrons. The van der Waals surface area contributed by atoms with E-state index in [0.717, 1.165) is 44.1 Å². The molecule has 1 aromatic heterocycles. The summed E-state index contributed by atoms with van der Waals surface area (Å²) in [7, 11) is 1.73. The molecule has 0 fully saturated rings. The lowest BCUT2D eigenvalue weighted by atomic mass is 9.87. The zero-order chi connectivity index (χ0) is 14.6. The summed E-state index contributed by atoms with van der Waals surface area (Å²) in [4.78, 5) is 9.35. The predicted octanol–water partition coefficient (Wildman–Crippen LogP) is 2.46. The minimum Gasteiger partial charge on any atom is -0.371 e. The van der Waals surface area contributed by atoms with Crippen LogP contribution in [0.5, 0.6) is 0 Å². The lowest BCUT2D eigenvalue weighted by molar-refractivity contribution is -0.00926. The molecule has 4 heteroatoms. The molecule has 0 amide bonds. The molecule has 0 bridgehead atoms. The highest BCUT2D eigenvalue weighted by molar-refractivity contribution is 5.23. The first-order valence-electron chi connectivity index (χ1n) is 7.74. The predicted molar refractivity (Wildman–Crippen MR) is 80.7 cm³/mol. The van der Waals surface area contributed by atoms with Crippen molar-refractivity contribution in [2.75, 3.05) is 20.2 Å². The van der Waals surface area contributed by atoms with Crippen molar-refractivity contribution in [3.8, 4) is 0 Å². The van der Waals surface area contributed by atoms with Gasteiger partial charge in [0.2, 0.25) is 0 Å². The van der Waals surface area contributed by atoms with Crippen LogP contribution in [0.1, 0.15) is 50.7 Å². The molecular formula is C16H27N3O. The lowest BCUT2D eigenvalue weighted by Crippen LogP contribution is -2.30. The molecule has 0 radical (unpaired) electrons. The first kappa shape index (κ1) is 15.4. The zero-order valence-electron chi connectivity index (χ0n) is 13.2. The minimum absolute atomic E-state index is 0.365. The molecule has 4 nitrogen and oxygen atoms in total. The molecule has 0 spiro atoms. The number of ether oxygens (including phenoxy) is 1. The fraction of sp³-hybridized carbons (Fsp3) is 0.750. The number of methoxy groups -OCH3 is 1. The average Bonchev–Trinajstić information content (AvgIpc) is 2.51. The summed E-state index contributed by atoms with van der Waals surface area (Å²) in [6, 6.07) is 0. The Morgan fingerprint density at radius 3 is 2.90 bits per heavy atom. The van der Waals surface area contributed by atoms with Gasteiger partial charge in [0, 0.05) is 19.0 Å². The van der Waals surface area contributed by atoms with Crippen molar-refractivity contribution in [1.82, 2.24) is 15.3 Å². The molecule has 1 aliphatic rings. The van der Waals surface area contributed by atoms with Crippen molar-refractivity contribution >= 4 is 0 Å². The Balaban J connectivity index is 2.14. The molecule has 2 rings (SSSR count). The van der Waals surface area contributed by atoms with Gasteiger partial charge >= 0.3 is 0 Å². The average molecular weight is 277 g/mol. The van der Waals surface area contributed by atoms with Gasteiger partial charge in [0.25, 0.3) is 0 Å². The van der Waals surface area contributed by atoms with E-state index in [1.807, 2.05) is 6.20 Å². The fourth-order valence-electron chi connectivity index (χ4n) is 2.75. The number of fused-ring (bicyclic) bond motifs is 1. The smallest absolute Gasteiger partial charge is 0.160 e. The third-order valence-electron chi connectivity index (χ3n) is 4.53. The van der Waals surface area contributed by atoms with Gasteiger partial charge < -0.3 is 10.1 Å². The molecule has 0 aromatic carbocycles. The summed E-state index contributed by atoms with van der Waals surface area (Å²) in [6.45, 7) is 8.47. The summed E-state index contributed by atoms with van der Waals surface area (Å²) < 4.78 is 5.60. The molecule has 1 N–H and O–H groups in total. The van der Waals surface area contributed by atoms with E-state index in [4.69, 9.17) is 9.72 Å². The summed E-state index contributed by atoms with van der Waals surface area (Å²) >= 11 is 0. The van der Waals surface area contributed by atoms with Crippen molar-refractivity contribution in [2.24, 2.45) is 5.92 Å². The number of hydrogen-bond acceptors (Lipinski definition) is 4. The normalized spacial score (nSPS) is 21.3. The third-order valence-corrected chi connectivity index (χ3v) is 4.53. The van der Waals surface area contributed by atoms with Gasteiger partial charge in [0.1, 0.15) is 5.60 Å². The van der Waals surface area contributed by atoms with E-state index in [-0.39, 0.29) is 5.60 Å². The molecular weight excluding hydrogens is 250 g/mol. The second-order valence-corrected chi connectivity index (χ2v) is 5.87. The Morgan fingerprint density at radius 1 is 1.45 bits per heavy atom. The summed E-state index contributed by atoms with van der Waals surface area (Å²) in [5.74, 6) is 1.54. The van der Waals surface area contributed by atoms with Gasteiger partial charge in [-0.05, 0) is 57.2 Å². The molecule has 0 saturated heterocycles. The quantitative estimate of drug-likeness (QED) is 0.867. The number of rotatable bonds is 6. The van der Waals surface area contributed by atoms with Crippen LogP contribution in [0.25, 0.3) is 0 Å². The molecule has 20 heavy (non-hydrogen) atoms. The van der Waals surface area contributed by atoms with Gasteiger partial charge in [0.05, 0.1) is 0 Å². The second-order valence-electron chi connectivity index (χ2n) is 5.87. The first-order chi connectivity index (χ1) is 9.62. The highest BCUT2D eigenvalue weighted by atomic mass is 16.5. The van der Waals surface area contributed by atoms with Crippen LogP contribution >= 0.6 is 0 Å². The standard InChI is InChI=1S/C16H27N3O/c1-5-16(3,20-4)15-18-11-13-9-12(10-17-6-2)7-8-14(13)19-15/h11-12,17H,5-10H2,1-4H3. The van der Waals surface area contributed by atoms with Crippen molar-refractivity contribution in [3.05, 3.63) is 23.3 Å². The Hall–Kier alpha value is -1.00. The zero-order valence-corrected chi connectivity index (χ0v) is 13.2. The lowest BCUT2D eigenvalue weighted by Gasteiger charge is -2.28. The summed E-state index contributed by atoms with van der Waals surface area (Å²) in [6.07, 6.45) is 6.27. The maximum Gasteiger partial charge on any atom is 0.160 e. The molecule has 2 atom stereocenters. The van der Waals surface area contributed by atoms with Gasteiger partial charge in [-0.25, -0.2) is 9.97 Å². The molecule has 1 heterocycles. The van der Waals surface area contributed by atoms with Crippen LogP contribution in [0.4, 0.5) is 0 Å². The van der Waals surface area contributed by atoms with E-state index in [0.29, 0.717) is 0 Å². The van der Waals surface area contributed by atoms with Crippen LogP contribution in [0, 0.1) is 5.92 Å². The van der Waals surface area contributed by atoms with Gasteiger partial charge in [0.15, 0.2) is 5.82 Å². The van der Waals surface area contributed by atoms with Gasteiger partial charge in [-0.15, -0.1) is 0 Å². The number of aryl methyl sites for hydroxylation is 1. The Bertz CT molecular complexity index is 443. The van der Waals surface area contributed by atoms with Crippen LogP contribution < -0.4 is 5.32 Å². The first-order valence-corrected chi connectivity index (χ1v) is 7.74. The van der Waals surface area contributed by atoms with E-state index in [9.17, 15) is 0 Å². The maximum atomic E-state index is 5.60. The molecule has 0 saturated carbocycles. The van der Waals surface area contributed by atoms with Crippen molar-refractivity contribution in [3.63, 3.8) is 0 Å². The third kappa shape index (κ3) is 3.18. The molecule has 2 unspecified atom stereocenters. The second kappa shape index (κ2) is 6.64. The number of nitrogens with one attached hydrogen (secondary N) is 1. The highest BCUT2D eigenvalue weighted by Gasteiger charge is 2.29.